The van der Waals surface area contributed by atoms with E-state index in [9.17, 15) is 19.5 Å². The maximum atomic E-state index is 13.2. The predicted molar refractivity (Wildman–Crippen MR) is 134 cm³/mol. The van der Waals surface area contributed by atoms with E-state index >= 15 is 0 Å². The van der Waals surface area contributed by atoms with Crippen LogP contribution in [0, 0.1) is 5.92 Å². The first-order valence-electron chi connectivity index (χ1n) is 12.1. The van der Waals surface area contributed by atoms with E-state index in [1.165, 1.54) is 15.9 Å². The van der Waals surface area contributed by atoms with Crippen LogP contribution in [0.5, 0.6) is 5.75 Å². The molecule has 0 bridgehead atoms. The summed E-state index contributed by atoms with van der Waals surface area (Å²) in [6.07, 6.45) is 4.71. The Morgan fingerprint density at radius 3 is 2.09 bits per heavy atom. The summed E-state index contributed by atoms with van der Waals surface area (Å²) < 4.78 is 0. The molecule has 0 aromatic heterocycles. The summed E-state index contributed by atoms with van der Waals surface area (Å²) in [6.45, 7) is 10.3. The highest BCUT2D eigenvalue weighted by molar-refractivity contribution is 6.20. The van der Waals surface area contributed by atoms with Gasteiger partial charge >= 0.3 is 0 Å². The molecule has 3 N–H and O–H groups in total. The fraction of sp³-hybridized carbons (Fsp3) is 0.577. The standard InChI is InChI=1S/C22H30N4O4.C4H10/c1-13(2)23-17-18(22(30)26(21(17)29)14-9-6-5-7-10-14)24-16-12-8-11-15(19(16)27)20(28)25(3)4;1-4(2)3/h8,11-14,23-24,27H,5-7,9-10H2,1-4H3;4H,1-3H3. The van der Waals surface area contributed by atoms with E-state index in [1.807, 2.05) is 13.8 Å². The van der Waals surface area contributed by atoms with Gasteiger partial charge in [-0.25, -0.2) is 0 Å². The molecule has 0 saturated heterocycles. The molecule has 0 radical (unpaired) electrons. The first-order valence-corrected chi connectivity index (χ1v) is 12.1. The number of nitrogens with zero attached hydrogens (tertiary/aromatic N) is 2. The molecule has 1 aromatic carbocycles. The van der Waals surface area contributed by atoms with Gasteiger partial charge in [0.05, 0.1) is 11.3 Å². The van der Waals surface area contributed by atoms with Gasteiger partial charge in [0.1, 0.15) is 11.4 Å². The molecule has 1 heterocycles. The lowest BCUT2D eigenvalue weighted by molar-refractivity contribution is -0.141. The van der Waals surface area contributed by atoms with Gasteiger partial charge < -0.3 is 20.6 Å². The van der Waals surface area contributed by atoms with Gasteiger partial charge in [0.15, 0.2) is 5.75 Å². The van der Waals surface area contributed by atoms with Crippen molar-refractivity contribution >= 4 is 23.4 Å². The van der Waals surface area contributed by atoms with Gasteiger partial charge in [0, 0.05) is 26.2 Å². The average molecular weight is 473 g/mol. The van der Waals surface area contributed by atoms with Gasteiger partial charge in [-0.3, -0.25) is 19.3 Å². The normalized spacial score (nSPS) is 16.7. The topological polar surface area (TPSA) is 102 Å². The Morgan fingerprint density at radius 2 is 1.56 bits per heavy atom. The maximum Gasteiger partial charge on any atom is 0.279 e. The van der Waals surface area contributed by atoms with Crippen LogP contribution in [-0.4, -0.2) is 58.8 Å². The first-order chi connectivity index (χ1) is 16.0. The Bertz CT molecular complexity index is 928. The molecular formula is C26H40N4O4. The maximum absolute atomic E-state index is 13.2. The molecule has 34 heavy (non-hydrogen) atoms. The molecule has 8 nitrogen and oxygen atoms in total. The third kappa shape index (κ3) is 6.52. The summed E-state index contributed by atoms with van der Waals surface area (Å²) in [5, 5.41) is 16.7. The fourth-order valence-electron chi connectivity index (χ4n) is 3.95. The van der Waals surface area contributed by atoms with Crippen LogP contribution in [0.2, 0.25) is 0 Å². The van der Waals surface area contributed by atoms with Gasteiger partial charge in [-0.1, -0.05) is 46.1 Å². The molecule has 1 aliphatic heterocycles. The second-order valence-corrected chi connectivity index (χ2v) is 10.1. The van der Waals surface area contributed by atoms with E-state index < -0.39 is 5.91 Å². The van der Waals surface area contributed by atoms with Crippen LogP contribution in [0.4, 0.5) is 5.69 Å². The lowest BCUT2D eigenvalue weighted by Gasteiger charge is -2.29. The summed E-state index contributed by atoms with van der Waals surface area (Å²) in [5.41, 5.74) is 0.616. The Hall–Kier alpha value is -3.03. The molecule has 1 saturated carbocycles. The molecule has 0 unspecified atom stereocenters. The van der Waals surface area contributed by atoms with Gasteiger partial charge in [-0.05, 0) is 44.7 Å². The van der Waals surface area contributed by atoms with E-state index in [0.29, 0.717) is 0 Å². The van der Waals surface area contributed by atoms with E-state index in [0.717, 1.165) is 38.0 Å². The van der Waals surface area contributed by atoms with Gasteiger partial charge in [0.2, 0.25) is 0 Å². The van der Waals surface area contributed by atoms with Crippen molar-refractivity contribution in [1.29, 1.82) is 0 Å². The second-order valence-electron chi connectivity index (χ2n) is 10.1. The number of amides is 3. The molecule has 1 fully saturated rings. The van der Waals surface area contributed by atoms with Crippen molar-refractivity contribution < 1.29 is 19.5 Å². The minimum Gasteiger partial charge on any atom is -0.505 e. The van der Waals surface area contributed by atoms with Gasteiger partial charge in [-0.15, -0.1) is 0 Å². The number of hydrogen-bond donors (Lipinski definition) is 3. The predicted octanol–water partition coefficient (Wildman–Crippen LogP) is 4.08. The first kappa shape index (κ1) is 27.2. The number of carbonyl (C=O) groups is 3. The highest BCUT2D eigenvalue weighted by Gasteiger charge is 2.43. The fourth-order valence-corrected chi connectivity index (χ4v) is 3.95. The van der Waals surface area contributed by atoms with Crippen LogP contribution in [0.15, 0.2) is 29.6 Å². The molecule has 3 amide bonds. The minimum absolute atomic E-state index is 0.0601. The number of para-hydroxylation sites is 1. The molecule has 0 atom stereocenters. The van der Waals surface area contributed by atoms with Crippen LogP contribution in [0.3, 0.4) is 0 Å². The van der Waals surface area contributed by atoms with E-state index in [1.54, 1.807) is 26.2 Å². The lowest BCUT2D eigenvalue weighted by atomic mass is 9.94. The van der Waals surface area contributed by atoms with Crippen molar-refractivity contribution in [3.63, 3.8) is 0 Å². The Kier molecular flexibility index (Phi) is 9.53. The zero-order valence-electron chi connectivity index (χ0n) is 21.6. The molecule has 0 spiro atoms. The summed E-state index contributed by atoms with van der Waals surface area (Å²) in [5.74, 6) is -0.533. The number of phenolic OH excluding ortho intramolecular Hbond substituents is 1. The number of phenols is 1. The van der Waals surface area contributed by atoms with Crippen molar-refractivity contribution in [3.05, 3.63) is 35.2 Å². The largest absolute Gasteiger partial charge is 0.505 e. The smallest absolute Gasteiger partial charge is 0.279 e. The van der Waals surface area contributed by atoms with E-state index in [4.69, 9.17) is 0 Å². The number of aromatic hydroxyl groups is 1. The van der Waals surface area contributed by atoms with Crippen molar-refractivity contribution in [2.24, 2.45) is 5.92 Å². The molecule has 3 rings (SSSR count). The Morgan fingerprint density at radius 1 is 1.00 bits per heavy atom. The number of hydrogen-bond acceptors (Lipinski definition) is 6. The van der Waals surface area contributed by atoms with Crippen LogP contribution in [0.1, 0.15) is 77.1 Å². The van der Waals surface area contributed by atoms with Crippen LogP contribution >= 0.6 is 0 Å². The third-order valence-electron chi connectivity index (χ3n) is 5.42. The number of anilines is 1. The van der Waals surface area contributed by atoms with Crippen molar-refractivity contribution in [2.45, 2.75) is 78.8 Å². The summed E-state index contributed by atoms with van der Waals surface area (Å²) >= 11 is 0. The van der Waals surface area contributed by atoms with Gasteiger partial charge in [0.25, 0.3) is 17.7 Å². The Labute approximate surface area is 203 Å². The molecule has 1 aliphatic carbocycles. The zero-order valence-corrected chi connectivity index (χ0v) is 21.6. The number of imide groups is 1. The summed E-state index contributed by atoms with van der Waals surface area (Å²) in [4.78, 5) is 41.4. The molecule has 8 heteroatoms. The van der Waals surface area contributed by atoms with Gasteiger partial charge in [-0.2, -0.15) is 0 Å². The molecule has 1 aromatic rings. The highest BCUT2D eigenvalue weighted by Crippen LogP contribution is 2.34. The number of nitrogens with one attached hydrogen (secondary N) is 2. The van der Waals surface area contributed by atoms with Crippen LogP contribution in [0.25, 0.3) is 0 Å². The molecule has 188 valence electrons. The minimum atomic E-state index is -0.404. The summed E-state index contributed by atoms with van der Waals surface area (Å²) in [6, 6.07) is 4.53. The third-order valence-corrected chi connectivity index (χ3v) is 5.42. The monoisotopic (exact) mass is 472 g/mol. The average Bonchev–Trinajstić information content (AvgIpc) is 2.98. The number of carbonyl (C=O) groups excluding carboxylic acids is 3. The SMILES string of the molecule is CC(C)C.CC(C)NC1=C(Nc2cccc(C(=O)N(C)C)c2O)C(=O)N(C2CCCCC2)C1=O. The quantitative estimate of drug-likeness (QED) is 0.426. The number of rotatable bonds is 6. The molecular weight excluding hydrogens is 432 g/mol. The van der Waals surface area contributed by atoms with Crippen molar-refractivity contribution in [3.8, 4) is 5.75 Å². The van der Waals surface area contributed by atoms with Crippen molar-refractivity contribution in [1.82, 2.24) is 15.1 Å². The van der Waals surface area contributed by atoms with E-state index in [-0.39, 0.29) is 52.3 Å². The Balaban J connectivity index is 0.000000945. The highest BCUT2D eigenvalue weighted by atomic mass is 16.3. The van der Waals surface area contributed by atoms with Crippen LogP contribution in [-0.2, 0) is 9.59 Å². The van der Waals surface area contributed by atoms with E-state index in [2.05, 4.69) is 31.4 Å². The molecule has 2 aliphatic rings. The van der Waals surface area contributed by atoms with Crippen LogP contribution < -0.4 is 10.6 Å². The summed E-state index contributed by atoms with van der Waals surface area (Å²) in [7, 11) is 3.19. The van der Waals surface area contributed by atoms with Crippen molar-refractivity contribution in [2.75, 3.05) is 19.4 Å². The number of benzene rings is 1. The zero-order chi connectivity index (χ0) is 25.6. The lowest BCUT2D eigenvalue weighted by Crippen LogP contribution is -2.43. The second kappa shape index (κ2) is 11.9.